The van der Waals surface area contributed by atoms with Crippen LogP contribution in [0.4, 0.5) is 5.69 Å². The number of benzene rings is 2. The molecule has 1 saturated heterocycles. The molecule has 2 aromatic rings. The zero-order valence-electron chi connectivity index (χ0n) is 18.3. The van der Waals surface area contributed by atoms with E-state index in [1.54, 1.807) is 18.2 Å². The second-order valence-electron chi connectivity index (χ2n) is 8.39. The second-order valence-corrected chi connectivity index (χ2v) is 10.3. The van der Waals surface area contributed by atoms with Crippen molar-refractivity contribution >= 4 is 27.5 Å². The summed E-state index contributed by atoms with van der Waals surface area (Å²) in [5, 5.41) is 2.94. The van der Waals surface area contributed by atoms with Crippen LogP contribution >= 0.6 is 0 Å². The minimum Gasteiger partial charge on any atom is -0.354 e. The summed E-state index contributed by atoms with van der Waals surface area (Å²) in [6, 6.07) is 14.2. The fourth-order valence-electron chi connectivity index (χ4n) is 4.53. The quantitative estimate of drug-likeness (QED) is 0.650. The van der Waals surface area contributed by atoms with Gasteiger partial charge in [-0.05, 0) is 55.0 Å². The number of fused-ring (bicyclic) bond motifs is 1. The Morgan fingerprint density at radius 2 is 1.78 bits per heavy atom. The number of amides is 2. The van der Waals surface area contributed by atoms with E-state index in [2.05, 4.69) is 17.4 Å². The van der Waals surface area contributed by atoms with Crippen LogP contribution in [0.2, 0.25) is 0 Å². The summed E-state index contributed by atoms with van der Waals surface area (Å²) >= 11 is 0. The molecule has 32 heavy (non-hydrogen) atoms. The third kappa shape index (κ3) is 4.56. The lowest BCUT2D eigenvalue weighted by atomic mass is 10.1. The van der Waals surface area contributed by atoms with Crippen LogP contribution in [0.3, 0.4) is 0 Å². The fraction of sp³-hybridized carbons (Fsp3) is 0.417. The number of sulfonamides is 1. The molecule has 2 aliphatic heterocycles. The van der Waals surface area contributed by atoms with Crippen molar-refractivity contribution in [1.82, 2.24) is 9.62 Å². The van der Waals surface area contributed by atoms with Gasteiger partial charge in [0.1, 0.15) is 6.04 Å². The number of hydrogen-bond acceptors (Lipinski definition) is 4. The van der Waals surface area contributed by atoms with Crippen molar-refractivity contribution in [3.05, 3.63) is 59.7 Å². The summed E-state index contributed by atoms with van der Waals surface area (Å²) < 4.78 is 27.3. The highest BCUT2D eigenvalue weighted by Crippen LogP contribution is 2.35. The van der Waals surface area contributed by atoms with Crippen molar-refractivity contribution in [2.24, 2.45) is 0 Å². The maximum atomic E-state index is 12.9. The summed E-state index contributed by atoms with van der Waals surface area (Å²) in [6.07, 6.45) is 3.71. The summed E-state index contributed by atoms with van der Waals surface area (Å²) in [7, 11) is -3.55. The molecule has 8 heteroatoms. The molecule has 2 amide bonds. The van der Waals surface area contributed by atoms with Crippen molar-refractivity contribution < 1.29 is 18.0 Å². The normalized spacial score (nSPS) is 18.5. The number of anilines is 1. The Morgan fingerprint density at radius 1 is 1.06 bits per heavy atom. The first kappa shape index (κ1) is 22.5. The van der Waals surface area contributed by atoms with E-state index < -0.39 is 16.1 Å². The van der Waals surface area contributed by atoms with Crippen molar-refractivity contribution in [1.29, 1.82) is 0 Å². The number of aryl methyl sites for hydroxylation is 1. The molecule has 0 bridgehead atoms. The number of carbonyl (C=O) groups is 2. The van der Waals surface area contributed by atoms with Crippen LogP contribution in [-0.4, -0.2) is 50.2 Å². The molecule has 0 saturated carbocycles. The maximum Gasteiger partial charge on any atom is 0.243 e. The average Bonchev–Trinajstić information content (AvgIpc) is 3.45. The molecule has 0 spiro atoms. The highest BCUT2D eigenvalue weighted by atomic mass is 32.2. The van der Waals surface area contributed by atoms with Crippen LogP contribution < -0.4 is 10.2 Å². The van der Waals surface area contributed by atoms with E-state index in [0.29, 0.717) is 37.3 Å². The molecule has 0 aromatic heterocycles. The number of nitrogens with zero attached hydrogens (tertiary/aromatic N) is 2. The number of nitrogens with one attached hydrogen (secondary N) is 1. The predicted octanol–water partition coefficient (Wildman–Crippen LogP) is 2.50. The van der Waals surface area contributed by atoms with Gasteiger partial charge in [0.25, 0.3) is 0 Å². The molecule has 0 unspecified atom stereocenters. The predicted molar refractivity (Wildman–Crippen MR) is 123 cm³/mol. The Morgan fingerprint density at radius 3 is 2.47 bits per heavy atom. The highest BCUT2D eigenvalue weighted by Gasteiger charge is 2.38. The second kappa shape index (κ2) is 9.42. The van der Waals surface area contributed by atoms with Gasteiger partial charge in [-0.25, -0.2) is 8.42 Å². The van der Waals surface area contributed by atoms with Gasteiger partial charge < -0.3 is 5.32 Å². The summed E-state index contributed by atoms with van der Waals surface area (Å²) in [5.74, 6) is -0.447. The van der Waals surface area contributed by atoms with Gasteiger partial charge in [0.15, 0.2) is 0 Å². The van der Waals surface area contributed by atoms with Gasteiger partial charge in [-0.1, -0.05) is 30.3 Å². The molecule has 170 valence electrons. The largest absolute Gasteiger partial charge is 0.354 e. The van der Waals surface area contributed by atoms with Gasteiger partial charge in [-0.3, -0.25) is 14.5 Å². The van der Waals surface area contributed by atoms with Crippen LogP contribution in [0.15, 0.2) is 53.4 Å². The molecule has 2 heterocycles. The fourth-order valence-corrected chi connectivity index (χ4v) is 6.10. The lowest BCUT2D eigenvalue weighted by Crippen LogP contribution is -2.47. The highest BCUT2D eigenvalue weighted by molar-refractivity contribution is 7.89. The summed E-state index contributed by atoms with van der Waals surface area (Å²) in [5.41, 5.74) is 2.54. The van der Waals surface area contributed by atoms with E-state index >= 15 is 0 Å². The smallest absolute Gasteiger partial charge is 0.243 e. The molecule has 1 fully saturated rings. The Hall–Kier alpha value is -2.71. The molecule has 0 radical (unpaired) electrons. The molecule has 1 N–H and O–H groups in total. The molecular formula is C24H29N3O4S. The van der Waals surface area contributed by atoms with Gasteiger partial charge in [0.05, 0.1) is 4.90 Å². The topological polar surface area (TPSA) is 86.8 Å². The molecule has 7 nitrogen and oxygen atoms in total. The van der Waals surface area contributed by atoms with Gasteiger partial charge >= 0.3 is 0 Å². The van der Waals surface area contributed by atoms with E-state index in [4.69, 9.17) is 0 Å². The van der Waals surface area contributed by atoms with Crippen LogP contribution in [-0.2, 0) is 32.5 Å². The van der Waals surface area contributed by atoms with E-state index in [1.807, 2.05) is 18.2 Å². The van der Waals surface area contributed by atoms with E-state index in [9.17, 15) is 18.0 Å². The zero-order chi connectivity index (χ0) is 22.7. The molecular weight excluding hydrogens is 426 g/mol. The molecule has 1 atom stereocenters. The standard InChI is InChI=1S/C24H29N3O4S/c1-18(28)27-22-12-11-21(32(30,31)26-14-5-6-15-26)16-20(22)17-23(27)24(29)25-13-7-10-19-8-3-2-4-9-19/h2-4,8-9,11-12,16,23H,5-7,10,13-15,17H2,1H3,(H,25,29)/t23-/m1/s1. The minimum atomic E-state index is -3.55. The van der Waals surface area contributed by atoms with Gasteiger partial charge in [0.2, 0.25) is 21.8 Å². The monoisotopic (exact) mass is 455 g/mol. The first-order valence-electron chi connectivity index (χ1n) is 11.1. The Kier molecular flexibility index (Phi) is 6.62. The van der Waals surface area contributed by atoms with Gasteiger partial charge in [-0.15, -0.1) is 0 Å². The third-order valence-electron chi connectivity index (χ3n) is 6.16. The number of carbonyl (C=O) groups excluding carboxylic acids is 2. The van der Waals surface area contributed by atoms with Gasteiger partial charge in [-0.2, -0.15) is 4.31 Å². The summed E-state index contributed by atoms with van der Waals surface area (Å²) in [6.45, 7) is 3.01. The van der Waals surface area contributed by atoms with Crippen molar-refractivity contribution in [2.75, 3.05) is 24.5 Å². The Labute approximate surface area is 189 Å². The first-order valence-corrected chi connectivity index (χ1v) is 12.6. The van der Waals surface area contributed by atoms with Crippen LogP contribution in [0, 0.1) is 0 Å². The van der Waals surface area contributed by atoms with Crippen LogP contribution in [0.5, 0.6) is 0 Å². The minimum absolute atomic E-state index is 0.214. The van der Waals surface area contributed by atoms with Crippen molar-refractivity contribution in [3.8, 4) is 0 Å². The van der Waals surface area contributed by atoms with Crippen LogP contribution in [0.1, 0.15) is 37.3 Å². The van der Waals surface area contributed by atoms with Crippen molar-refractivity contribution in [3.63, 3.8) is 0 Å². The number of rotatable bonds is 7. The van der Waals surface area contributed by atoms with Crippen LogP contribution in [0.25, 0.3) is 0 Å². The third-order valence-corrected chi connectivity index (χ3v) is 8.06. The maximum absolute atomic E-state index is 12.9. The average molecular weight is 456 g/mol. The molecule has 4 rings (SSSR count). The molecule has 2 aromatic carbocycles. The summed E-state index contributed by atoms with van der Waals surface area (Å²) in [4.78, 5) is 27.0. The Balaban J connectivity index is 1.44. The Bertz CT molecular complexity index is 1100. The van der Waals surface area contributed by atoms with Crippen molar-refractivity contribution in [2.45, 2.75) is 50.0 Å². The molecule has 0 aliphatic carbocycles. The lowest BCUT2D eigenvalue weighted by molar-refractivity contribution is -0.125. The van der Waals surface area contributed by atoms with E-state index in [1.165, 1.54) is 21.7 Å². The van der Waals surface area contributed by atoms with E-state index in [-0.39, 0.29) is 16.7 Å². The first-order chi connectivity index (χ1) is 15.4. The SMILES string of the molecule is CC(=O)N1c2ccc(S(=O)(=O)N3CCCC3)cc2C[C@@H]1C(=O)NCCCc1ccccc1. The number of hydrogen-bond donors (Lipinski definition) is 1. The zero-order valence-corrected chi connectivity index (χ0v) is 19.1. The van der Waals surface area contributed by atoms with E-state index in [0.717, 1.165) is 25.7 Å². The lowest BCUT2D eigenvalue weighted by Gasteiger charge is -2.23. The van der Waals surface area contributed by atoms with Gasteiger partial charge in [0, 0.05) is 38.7 Å². The molecule has 2 aliphatic rings.